The molecule has 0 radical (unpaired) electrons. The van der Waals surface area contributed by atoms with Crippen molar-refractivity contribution in [1.82, 2.24) is 20.1 Å². The molecule has 2 aromatic heterocycles. The van der Waals surface area contributed by atoms with Crippen LogP contribution in [0.1, 0.15) is 11.3 Å². The molecule has 6 heteroatoms. The third-order valence-electron chi connectivity index (χ3n) is 4.11. The Bertz CT molecular complexity index is 878. The number of nitriles is 1. The van der Waals surface area contributed by atoms with Crippen LogP contribution in [0.25, 0.3) is 22.4 Å². The monoisotopic (exact) mass is 337 g/mol. The number of hydrogen-bond donors (Lipinski definition) is 1. The predicted molar refractivity (Wildman–Crippen MR) is 94.6 cm³/mol. The van der Waals surface area contributed by atoms with Gasteiger partial charge in [0.1, 0.15) is 5.69 Å². The molecule has 0 bridgehead atoms. The second kappa shape index (κ2) is 6.83. The summed E-state index contributed by atoms with van der Waals surface area (Å²) >= 11 is 0. The summed E-state index contributed by atoms with van der Waals surface area (Å²) < 4.78 is 2.08. The quantitative estimate of drug-likeness (QED) is 0.780. The maximum absolute atomic E-state index is 8.98. The number of benzene rings is 1. The van der Waals surface area contributed by atoms with Gasteiger partial charge in [-0.2, -0.15) is 10.4 Å². The summed E-state index contributed by atoms with van der Waals surface area (Å²) in [5, 5.41) is 17.2. The highest BCUT2D eigenvalue weighted by atomic mass is 35.5. The molecule has 0 saturated carbocycles. The van der Waals surface area contributed by atoms with Crippen LogP contribution < -0.4 is 5.32 Å². The lowest BCUT2D eigenvalue weighted by Gasteiger charge is -2.16. The Kier molecular flexibility index (Phi) is 4.61. The van der Waals surface area contributed by atoms with Crippen LogP contribution in [0.3, 0.4) is 0 Å². The van der Waals surface area contributed by atoms with Crippen LogP contribution in [0.5, 0.6) is 0 Å². The van der Waals surface area contributed by atoms with Gasteiger partial charge >= 0.3 is 0 Å². The summed E-state index contributed by atoms with van der Waals surface area (Å²) in [6.07, 6.45) is 3.61. The number of hydrogen-bond acceptors (Lipinski definition) is 4. The molecule has 1 aliphatic heterocycles. The molecule has 4 rings (SSSR count). The van der Waals surface area contributed by atoms with E-state index in [2.05, 4.69) is 21.1 Å². The zero-order chi connectivity index (χ0) is 15.6. The van der Waals surface area contributed by atoms with Gasteiger partial charge in [-0.25, -0.2) is 0 Å². The van der Waals surface area contributed by atoms with Gasteiger partial charge in [0, 0.05) is 36.6 Å². The van der Waals surface area contributed by atoms with E-state index in [0.717, 1.165) is 42.0 Å². The number of nitrogens with zero attached hydrogens (tertiary/aromatic N) is 4. The van der Waals surface area contributed by atoms with E-state index in [1.165, 1.54) is 5.69 Å². The molecule has 0 unspecified atom stereocenters. The summed E-state index contributed by atoms with van der Waals surface area (Å²) in [7, 11) is 0. The second-order valence-corrected chi connectivity index (χ2v) is 5.50. The molecule has 0 aliphatic carbocycles. The Balaban J connectivity index is 0.00000169. The predicted octanol–water partition coefficient (Wildman–Crippen LogP) is 3.01. The molecule has 0 fully saturated rings. The number of nitrogens with one attached hydrogen (secondary N) is 1. The zero-order valence-electron chi connectivity index (χ0n) is 12.9. The summed E-state index contributed by atoms with van der Waals surface area (Å²) in [5.41, 5.74) is 6.09. The number of aromatic nitrogens is 3. The normalized spacial score (nSPS) is 12.8. The molecule has 1 N–H and O–H groups in total. The van der Waals surface area contributed by atoms with Crippen molar-refractivity contribution in [3.63, 3.8) is 0 Å². The minimum atomic E-state index is 0. The largest absolute Gasteiger partial charge is 0.309 e. The minimum absolute atomic E-state index is 0. The molecule has 0 atom stereocenters. The average Bonchev–Trinajstić information content (AvgIpc) is 3.02. The third kappa shape index (κ3) is 2.78. The van der Waals surface area contributed by atoms with E-state index in [1.54, 1.807) is 12.4 Å². The van der Waals surface area contributed by atoms with E-state index < -0.39 is 0 Å². The maximum atomic E-state index is 8.98. The van der Waals surface area contributed by atoms with E-state index in [4.69, 9.17) is 10.4 Å². The van der Waals surface area contributed by atoms with Crippen molar-refractivity contribution in [3.8, 4) is 28.5 Å². The first-order chi connectivity index (χ1) is 11.4. The third-order valence-corrected chi connectivity index (χ3v) is 4.11. The van der Waals surface area contributed by atoms with Crippen LogP contribution in [0.15, 0.2) is 48.8 Å². The molecule has 0 spiro atoms. The van der Waals surface area contributed by atoms with Gasteiger partial charge in [0.05, 0.1) is 23.9 Å². The Morgan fingerprint density at radius 3 is 2.50 bits per heavy atom. The maximum Gasteiger partial charge on any atom is 0.100 e. The van der Waals surface area contributed by atoms with Crippen molar-refractivity contribution in [2.24, 2.45) is 0 Å². The minimum Gasteiger partial charge on any atom is -0.309 e. The molecular formula is C18H16ClN5. The van der Waals surface area contributed by atoms with E-state index >= 15 is 0 Å². The van der Waals surface area contributed by atoms with Gasteiger partial charge in [-0.15, -0.1) is 12.4 Å². The fraction of sp³-hybridized carbons (Fsp3) is 0.167. The molecule has 0 saturated heterocycles. The lowest BCUT2D eigenvalue weighted by atomic mass is 9.98. The molecule has 1 aromatic carbocycles. The van der Waals surface area contributed by atoms with Crippen molar-refractivity contribution in [1.29, 1.82) is 5.26 Å². The van der Waals surface area contributed by atoms with Crippen molar-refractivity contribution < 1.29 is 0 Å². The molecule has 120 valence electrons. The van der Waals surface area contributed by atoms with Crippen molar-refractivity contribution in [3.05, 3.63) is 60.0 Å². The summed E-state index contributed by atoms with van der Waals surface area (Å²) in [4.78, 5) is 4.11. The van der Waals surface area contributed by atoms with Crippen LogP contribution in [-0.4, -0.2) is 21.3 Å². The lowest BCUT2D eigenvalue weighted by molar-refractivity contribution is 0.477. The van der Waals surface area contributed by atoms with E-state index in [-0.39, 0.29) is 12.4 Å². The Morgan fingerprint density at radius 2 is 1.79 bits per heavy atom. The molecule has 24 heavy (non-hydrogen) atoms. The smallest absolute Gasteiger partial charge is 0.100 e. The summed E-state index contributed by atoms with van der Waals surface area (Å²) in [6.45, 7) is 2.60. The van der Waals surface area contributed by atoms with Crippen LogP contribution >= 0.6 is 12.4 Å². The molecule has 1 aliphatic rings. The van der Waals surface area contributed by atoms with E-state index in [9.17, 15) is 0 Å². The van der Waals surface area contributed by atoms with Crippen LogP contribution in [-0.2, 0) is 13.1 Å². The van der Waals surface area contributed by atoms with Gasteiger partial charge in [-0.3, -0.25) is 9.67 Å². The highest BCUT2D eigenvalue weighted by molar-refractivity contribution is 5.85. The molecule has 3 aromatic rings. The van der Waals surface area contributed by atoms with E-state index in [0.29, 0.717) is 5.56 Å². The topological polar surface area (TPSA) is 66.5 Å². The van der Waals surface area contributed by atoms with Gasteiger partial charge in [0.25, 0.3) is 0 Å². The average molecular weight is 338 g/mol. The first-order valence-corrected chi connectivity index (χ1v) is 7.58. The zero-order valence-corrected chi connectivity index (χ0v) is 13.8. The first-order valence-electron chi connectivity index (χ1n) is 7.58. The highest BCUT2D eigenvalue weighted by Gasteiger charge is 2.22. The molecule has 0 amide bonds. The number of halogens is 1. The molecule has 5 nitrogen and oxygen atoms in total. The number of fused-ring (bicyclic) bond motifs is 1. The lowest BCUT2D eigenvalue weighted by Crippen LogP contribution is -2.28. The SMILES string of the molecule is Cl.N#Cc1ccc(-c2nn3c(c2-c2ccncc2)CNCC3)cc1. The van der Waals surface area contributed by atoms with Crippen LogP contribution in [0, 0.1) is 11.3 Å². The summed E-state index contributed by atoms with van der Waals surface area (Å²) in [6, 6.07) is 13.8. The molecular weight excluding hydrogens is 322 g/mol. The number of pyridine rings is 1. The van der Waals surface area contributed by atoms with Gasteiger partial charge in [-0.1, -0.05) is 12.1 Å². The fourth-order valence-corrected chi connectivity index (χ4v) is 2.98. The van der Waals surface area contributed by atoms with Crippen molar-refractivity contribution in [2.45, 2.75) is 13.1 Å². The van der Waals surface area contributed by atoms with Crippen LogP contribution in [0.2, 0.25) is 0 Å². The van der Waals surface area contributed by atoms with Crippen molar-refractivity contribution >= 4 is 12.4 Å². The Labute approximate surface area is 146 Å². The van der Waals surface area contributed by atoms with Crippen LogP contribution in [0.4, 0.5) is 0 Å². The van der Waals surface area contributed by atoms with Gasteiger partial charge in [0.15, 0.2) is 0 Å². The van der Waals surface area contributed by atoms with Gasteiger partial charge in [0.2, 0.25) is 0 Å². The first kappa shape index (κ1) is 16.2. The standard InChI is InChI=1S/C18H15N5.ClH/c19-11-13-1-3-15(4-2-13)18-17(14-5-7-20-8-6-14)16-12-21-9-10-23(16)22-18;/h1-8,21H,9-10,12H2;1H. The van der Waals surface area contributed by atoms with Crippen molar-refractivity contribution in [2.75, 3.05) is 6.54 Å². The van der Waals surface area contributed by atoms with Gasteiger partial charge in [-0.05, 0) is 29.8 Å². The Hall–Kier alpha value is -2.68. The Morgan fingerprint density at radius 1 is 1.04 bits per heavy atom. The van der Waals surface area contributed by atoms with E-state index in [1.807, 2.05) is 36.4 Å². The summed E-state index contributed by atoms with van der Waals surface area (Å²) in [5.74, 6) is 0. The fourth-order valence-electron chi connectivity index (χ4n) is 2.98. The highest BCUT2D eigenvalue weighted by Crippen LogP contribution is 2.35. The molecule has 3 heterocycles. The number of rotatable bonds is 2. The second-order valence-electron chi connectivity index (χ2n) is 5.50. The van der Waals surface area contributed by atoms with Gasteiger partial charge < -0.3 is 5.32 Å².